The molecule has 4 rings (SSSR count). The van der Waals surface area contributed by atoms with Crippen LogP contribution in [0.4, 0.5) is 150 Å². The highest BCUT2D eigenvalue weighted by molar-refractivity contribution is 5.55. The lowest BCUT2D eigenvalue weighted by Crippen LogP contribution is -3.12. The van der Waals surface area contributed by atoms with Crippen LogP contribution in [0.1, 0.15) is 0 Å². The Hall–Kier alpha value is -2.74. The normalized spacial score (nSPS) is 34.4. The summed E-state index contributed by atoms with van der Waals surface area (Å²) < 4.78 is 501. The molecule has 4 aliphatic carbocycles. The Balaban J connectivity index is 2.95. The van der Waals surface area contributed by atoms with Crippen molar-refractivity contribution in [3.63, 3.8) is 0 Å². The number of rotatable bonds is 18. The monoisotopic (exact) mass is 1020 g/mol. The fraction of sp³-hybridized carbons (Fsp3) is 1.00. The zero-order valence-corrected chi connectivity index (χ0v) is 26.0. The maximum atomic E-state index is 16.2. The first-order chi connectivity index (χ1) is 27.0. The number of ether oxygens (including phenoxy) is 3. The molecule has 43 heteroatoms. The van der Waals surface area contributed by atoms with Crippen LogP contribution in [0.3, 0.4) is 0 Å². The highest BCUT2D eigenvalue weighted by Crippen LogP contribution is 2.90. The summed E-state index contributed by atoms with van der Waals surface area (Å²) in [4.78, 5) is 5.06. The van der Waals surface area contributed by atoms with Crippen molar-refractivity contribution in [2.24, 2.45) is 0 Å². The maximum absolute atomic E-state index is 16.2. The molecule has 62 heavy (non-hydrogen) atoms. The van der Waals surface area contributed by atoms with Gasteiger partial charge < -0.3 is 0 Å². The molecule has 0 aromatic heterocycles. The standard InChI is InChI=1S/C19F34O9/c20-1-5(21,22)2(54-14(36,37)11(33,57-48)17(42,43)60-51)8(27,28)3(6(1,23)24,55-15(38,39)12(34,58-49)18(44,45)61-52)10(31,32)4(7(1,25)26,9(2,29)30)56-16(40,41)13(35,59-50)19(46,47)62-53. The van der Waals surface area contributed by atoms with Crippen molar-refractivity contribution in [1.82, 2.24) is 0 Å². The highest BCUT2D eigenvalue weighted by atomic mass is 19.4. The van der Waals surface area contributed by atoms with Gasteiger partial charge in [-0.05, 0) is 27.2 Å². The van der Waals surface area contributed by atoms with Gasteiger partial charge in [0.05, 0.1) is 0 Å². The Bertz CT molecular complexity index is 1530. The molecule has 3 atom stereocenters. The Labute approximate surface area is 307 Å². The number of halogens is 34. The second-order valence-corrected chi connectivity index (χ2v) is 11.8. The summed E-state index contributed by atoms with van der Waals surface area (Å²) in [6, 6.07) is 0. The molecule has 0 aromatic carbocycles. The van der Waals surface area contributed by atoms with Gasteiger partial charge in [-0.2, -0.15) is 119 Å². The van der Waals surface area contributed by atoms with Gasteiger partial charge in [0.15, 0.2) is 0 Å². The fourth-order valence-electron chi connectivity index (χ4n) is 6.11. The smallest absolute Gasteiger partial charge is 0.289 e. The average molecular weight is 1020 g/mol. The summed E-state index contributed by atoms with van der Waals surface area (Å²) >= 11 is 0. The second-order valence-electron chi connectivity index (χ2n) is 11.8. The van der Waals surface area contributed by atoms with Crippen molar-refractivity contribution in [1.29, 1.82) is 0 Å². The molecule has 0 radical (unpaired) electrons. The van der Waals surface area contributed by atoms with Gasteiger partial charge in [0, 0.05) is 0 Å². The molecular formula is C19F34O9. The number of alkyl halides is 28. The largest absolute Gasteiger partial charge is 0.456 e. The molecule has 3 unspecified atom stereocenters. The molecule has 0 amide bonds. The van der Waals surface area contributed by atoms with Crippen molar-refractivity contribution in [3.05, 3.63) is 0 Å². The van der Waals surface area contributed by atoms with Gasteiger partial charge in [-0.25, -0.2) is 4.39 Å². The minimum atomic E-state index is -10.2. The molecule has 0 aromatic rings. The lowest BCUT2D eigenvalue weighted by atomic mass is 9.38. The molecule has 0 heterocycles. The van der Waals surface area contributed by atoms with E-state index >= 15 is 57.1 Å². The zero-order valence-electron chi connectivity index (χ0n) is 26.0. The van der Waals surface area contributed by atoms with E-state index in [4.69, 9.17) is 0 Å². The van der Waals surface area contributed by atoms with Crippen LogP contribution >= 0.6 is 0 Å². The van der Waals surface area contributed by atoms with Gasteiger partial charge in [0.25, 0.3) is 16.8 Å². The summed E-state index contributed by atoms with van der Waals surface area (Å²) in [6.07, 6.45) is -52.5. The quantitative estimate of drug-likeness (QED) is 0.125. The van der Waals surface area contributed by atoms with Gasteiger partial charge in [0.2, 0.25) is 0 Å². The van der Waals surface area contributed by atoms with E-state index in [1.165, 1.54) is 14.2 Å². The first-order valence-corrected chi connectivity index (χ1v) is 13.2. The van der Waals surface area contributed by atoms with Gasteiger partial charge in [-0.1, -0.05) is 0 Å². The van der Waals surface area contributed by atoms with Gasteiger partial charge in [-0.3, -0.25) is 14.2 Å². The van der Waals surface area contributed by atoms with Gasteiger partial charge in [-0.15, -0.1) is 29.6 Å². The molecule has 0 N–H and O–H groups in total. The van der Waals surface area contributed by atoms with Crippen LogP contribution in [-0.2, 0) is 43.9 Å². The summed E-state index contributed by atoms with van der Waals surface area (Å²) in [5, 5.41) is 0. The third-order valence-corrected chi connectivity index (χ3v) is 8.98. The van der Waals surface area contributed by atoms with Crippen molar-refractivity contribution in [2.45, 2.75) is 112 Å². The number of hydrogen-bond acceptors (Lipinski definition) is 9. The zero-order chi connectivity index (χ0) is 49.9. The van der Waals surface area contributed by atoms with Crippen LogP contribution in [0.5, 0.6) is 0 Å². The van der Waals surface area contributed by atoms with Crippen molar-refractivity contribution >= 4 is 0 Å². The summed E-state index contributed by atoms with van der Waals surface area (Å²) in [5.74, 6) is -86.3. The van der Waals surface area contributed by atoms with Crippen molar-refractivity contribution < 1.29 is 194 Å². The molecule has 4 fully saturated rings. The molecule has 9 nitrogen and oxygen atoms in total. The van der Waals surface area contributed by atoms with E-state index < -0.39 is 112 Å². The molecule has 0 spiro atoms. The molecule has 4 aliphatic rings. The fourth-order valence-corrected chi connectivity index (χ4v) is 6.11. The van der Waals surface area contributed by atoms with Crippen LogP contribution in [0, 0.1) is 0 Å². The van der Waals surface area contributed by atoms with E-state index in [9.17, 15) is 93.0 Å². The SMILES string of the molecule is FOC(F)(F)C(F)(OF)C(F)(F)OC12C(F)(F)C3(F)C(F)(F)C(OC(F)(F)C(F)(OF)C(F)(F)OF)(C1(F)F)C(F)(F)C(OC(F)(F)C(F)(OF)C(F)(F)OF)(C3(F)F)C2(F)F. The Kier molecular flexibility index (Phi) is 11.4. The lowest BCUT2D eigenvalue weighted by molar-refractivity contribution is -0.685. The van der Waals surface area contributed by atoms with Crippen LogP contribution in [0.2, 0.25) is 0 Å². The third kappa shape index (κ3) is 4.75. The lowest BCUT2D eigenvalue weighted by Gasteiger charge is -2.77. The maximum Gasteiger partial charge on any atom is 0.456 e. The summed E-state index contributed by atoms with van der Waals surface area (Å²) in [7, 11) is 0. The molecule has 4 bridgehead atoms. The Morgan fingerprint density at radius 2 is 0.387 bits per heavy atom. The second kappa shape index (κ2) is 13.2. The number of hydrogen-bond donors (Lipinski definition) is 0. The van der Waals surface area contributed by atoms with Crippen LogP contribution < -0.4 is 0 Å². The van der Waals surface area contributed by atoms with Crippen LogP contribution in [0.25, 0.3) is 0 Å². The van der Waals surface area contributed by atoms with Gasteiger partial charge in [0.1, 0.15) is 0 Å². The molecule has 0 saturated heterocycles. The van der Waals surface area contributed by atoms with E-state index in [-0.39, 0.29) is 0 Å². The van der Waals surface area contributed by atoms with E-state index in [0.29, 0.717) is 0 Å². The first kappa shape index (κ1) is 53.6. The molecule has 4 saturated carbocycles. The summed E-state index contributed by atoms with van der Waals surface area (Å²) in [5.41, 5.74) is -40.2. The molecule has 0 aliphatic heterocycles. The average Bonchev–Trinajstić information content (AvgIpc) is 3.13. The van der Waals surface area contributed by atoms with Gasteiger partial charge >= 0.3 is 95.4 Å². The molecular weight excluding hydrogens is 1020 g/mol. The minimum Gasteiger partial charge on any atom is -0.289 e. The third-order valence-electron chi connectivity index (χ3n) is 8.98. The van der Waals surface area contributed by atoms with Crippen LogP contribution in [-0.4, -0.2) is 112 Å². The molecule has 368 valence electrons. The van der Waals surface area contributed by atoms with Crippen molar-refractivity contribution in [2.75, 3.05) is 0 Å². The van der Waals surface area contributed by atoms with E-state index in [1.807, 2.05) is 0 Å². The van der Waals surface area contributed by atoms with Crippen LogP contribution in [0.15, 0.2) is 0 Å². The van der Waals surface area contributed by atoms with E-state index in [0.717, 1.165) is 29.6 Å². The van der Waals surface area contributed by atoms with E-state index in [2.05, 4.69) is 0 Å². The van der Waals surface area contributed by atoms with Crippen molar-refractivity contribution in [3.8, 4) is 0 Å². The highest BCUT2D eigenvalue weighted by Gasteiger charge is 3.24. The summed E-state index contributed by atoms with van der Waals surface area (Å²) in [6.45, 7) is 0. The van der Waals surface area contributed by atoms with E-state index in [1.54, 1.807) is 0 Å². The first-order valence-electron chi connectivity index (χ1n) is 13.2. The topological polar surface area (TPSA) is 83.1 Å². The Morgan fingerprint density at radius 1 is 0.226 bits per heavy atom. The predicted molar refractivity (Wildman–Crippen MR) is 99.3 cm³/mol. The predicted octanol–water partition coefficient (Wildman–Crippen LogP) is 9.77. The minimum absolute atomic E-state index is 0.841. The Morgan fingerprint density at radius 3 is 0.516 bits per heavy atom.